The zero-order valence-corrected chi connectivity index (χ0v) is 11.9. The Morgan fingerprint density at radius 2 is 2.00 bits per heavy atom. The monoisotopic (exact) mass is 259 g/mol. The molecule has 1 fully saturated rings. The van der Waals surface area contributed by atoms with Crippen molar-refractivity contribution in [1.29, 1.82) is 0 Å². The summed E-state index contributed by atoms with van der Waals surface area (Å²) < 4.78 is 5.98. The van der Waals surface area contributed by atoms with Crippen molar-refractivity contribution >= 4 is 0 Å². The lowest BCUT2D eigenvalue weighted by molar-refractivity contribution is 0.154. The fourth-order valence-electron chi connectivity index (χ4n) is 3.85. The molecule has 19 heavy (non-hydrogen) atoms. The van der Waals surface area contributed by atoms with E-state index in [0.29, 0.717) is 12.0 Å². The second-order valence-electron chi connectivity index (χ2n) is 6.01. The van der Waals surface area contributed by atoms with Crippen molar-refractivity contribution < 1.29 is 4.74 Å². The molecule has 2 unspecified atom stereocenters. The zero-order valence-electron chi connectivity index (χ0n) is 11.9. The van der Waals surface area contributed by atoms with Gasteiger partial charge < -0.3 is 10.1 Å². The van der Waals surface area contributed by atoms with E-state index in [2.05, 4.69) is 36.5 Å². The molecule has 0 amide bonds. The van der Waals surface area contributed by atoms with Crippen LogP contribution in [0, 0.1) is 11.8 Å². The number of para-hydroxylation sites is 1. The van der Waals surface area contributed by atoms with E-state index in [1.165, 1.54) is 37.7 Å². The lowest BCUT2D eigenvalue weighted by atomic mass is 9.82. The van der Waals surface area contributed by atoms with Crippen molar-refractivity contribution in [3.63, 3.8) is 0 Å². The molecule has 0 saturated heterocycles. The van der Waals surface area contributed by atoms with E-state index >= 15 is 0 Å². The number of fused-ring (bicyclic) bond motifs is 1. The van der Waals surface area contributed by atoms with Crippen molar-refractivity contribution in [2.75, 3.05) is 13.2 Å². The van der Waals surface area contributed by atoms with Crippen LogP contribution in [0.25, 0.3) is 0 Å². The van der Waals surface area contributed by atoms with Crippen molar-refractivity contribution in [1.82, 2.24) is 5.32 Å². The molecule has 0 aromatic heterocycles. The number of ether oxygens (including phenoxy) is 1. The fourth-order valence-corrected chi connectivity index (χ4v) is 3.85. The number of nitrogens with one attached hydrogen (secondary N) is 1. The largest absolute Gasteiger partial charge is 0.493 e. The maximum atomic E-state index is 5.98. The SMILES string of the molecule is CCNC(C1CCCC1)C1COc2ccccc2C1. The van der Waals surface area contributed by atoms with E-state index in [1.54, 1.807) is 0 Å². The second kappa shape index (κ2) is 5.96. The van der Waals surface area contributed by atoms with Crippen LogP contribution in [0.5, 0.6) is 5.75 Å². The summed E-state index contributed by atoms with van der Waals surface area (Å²) in [6.07, 6.45) is 6.80. The Labute approximate surface area is 116 Å². The predicted molar refractivity (Wildman–Crippen MR) is 78.6 cm³/mol. The van der Waals surface area contributed by atoms with Gasteiger partial charge in [0, 0.05) is 12.0 Å². The van der Waals surface area contributed by atoms with Gasteiger partial charge in [-0.1, -0.05) is 38.0 Å². The Bertz CT molecular complexity index is 411. The molecule has 0 radical (unpaired) electrons. The minimum Gasteiger partial charge on any atom is -0.493 e. The third kappa shape index (κ3) is 2.79. The summed E-state index contributed by atoms with van der Waals surface area (Å²) in [5, 5.41) is 3.75. The molecule has 2 nitrogen and oxygen atoms in total. The van der Waals surface area contributed by atoms with E-state index in [4.69, 9.17) is 4.74 Å². The Morgan fingerprint density at radius 3 is 2.79 bits per heavy atom. The van der Waals surface area contributed by atoms with Gasteiger partial charge >= 0.3 is 0 Å². The first-order valence-electron chi connectivity index (χ1n) is 7.82. The molecule has 1 saturated carbocycles. The van der Waals surface area contributed by atoms with Gasteiger partial charge in [0.2, 0.25) is 0 Å². The van der Waals surface area contributed by atoms with E-state index in [0.717, 1.165) is 24.8 Å². The first-order chi connectivity index (χ1) is 9.38. The molecule has 1 aromatic rings. The summed E-state index contributed by atoms with van der Waals surface area (Å²) in [4.78, 5) is 0. The molecule has 0 bridgehead atoms. The van der Waals surface area contributed by atoms with Crippen molar-refractivity contribution in [2.45, 2.75) is 45.1 Å². The highest BCUT2D eigenvalue weighted by Crippen LogP contribution is 2.35. The van der Waals surface area contributed by atoms with Gasteiger partial charge in [-0.2, -0.15) is 0 Å². The zero-order chi connectivity index (χ0) is 13.1. The first kappa shape index (κ1) is 13.0. The van der Waals surface area contributed by atoms with Gasteiger partial charge in [0.25, 0.3) is 0 Å². The summed E-state index contributed by atoms with van der Waals surface area (Å²) >= 11 is 0. The van der Waals surface area contributed by atoms with Crippen LogP contribution in [0.15, 0.2) is 24.3 Å². The fraction of sp³-hybridized carbons (Fsp3) is 0.647. The van der Waals surface area contributed by atoms with Crippen LogP contribution in [0.1, 0.15) is 38.2 Å². The Balaban J connectivity index is 1.73. The van der Waals surface area contributed by atoms with E-state index < -0.39 is 0 Å². The van der Waals surface area contributed by atoms with Crippen LogP contribution in [-0.4, -0.2) is 19.2 Å². The first-order valence-corrected chi connectivity index (χ1v) is 7.82. The summed E-state index contributed by atoms with van der Waals surface area (Å²) in [6, 6.07) is 9.16. The number of rotatable bonds is 4. The summed E-state index contributed by atoms with van der Waals surface area (Å²) in [7, 11) is 0. The standard InChI is InChI=1S/C17H25NO/c1-2-18-17(13-7-3-4-8-13)15-11-14-9-5-6-10-16(14)19-12-15/h5-6,9-10,13,15,17-18H,2-4,7-8,11-12H2,1H3. The summed E-state index contributed by atoms with van der Waals surface area (Å²) in [5.41, 5.74) is 1.39. The highest BCUT2D eigenvalue weighted by Gasteiger charge is 2.33. The average Bonchev–Trinajstić information content (AvgIpc) is 2.98. The molecule has 1 aliphatic heterocycles. The van der Waals surface area contributed by atoms with Crippen LogP contribution in [0.3, 0.4) is 0 Å². The smallest absolute Gasteiger partial charge is 0.122 e. The molecule has 2 heteroatoms. The summed E-state index contributed by atoms with van der Waals surface area (Å²) in [6.45, 7) is 4.17. The minimum absolute atomic E-state index is 0.637. The van der Waals surface area contributed by atoms with Gasteiger partial charge in [-0.25, -0.2) is 0 Å². The highest BCUT2D eigenvalue weighted by molar-refractivity contribution is 5.35. The molecule has 1 N–H and O–H groups in total. The maximum Gasteiger partial charge on any atom is 0.122 e. The van der Waals surface area contributed by atoms with Crippen molar-refractivity contribution in [2.24, 2.45) is 11.8 Å². The third-order valence-corrected chi connectivity index (χ3v) is 4.76. The van der Waals surface area contributed by atoms with Crippen LogP contribution in [-0.2, 0) is 6.42 Å². The molecule has 1 aromatic carbocycles. The van der Waals surface area contributed by atoms with Crippen molar-refractivity contribution in [3.05, 3.63) is 29.8 Å². The maximum absolute atomic E-state index is 5.98. The van der Waals surface area contributed by atoms with Gasteiger partial charge in [-0.15, -0.1) is 0 Å². The molecule has 1 heterocycles. The molecular weight excluding hydrogens is 234 g/mol. The summed E-state index contributed by atoms with van der Waals surface area (Å²) in [5.74, 6) is 2.59. The number of benzene rings is 1. The Hall–Kier alpha value is -1.02. The average molecular weight is 259 g/mol. The van der Waals surface area contributed by atoms with Crippen LogP contribution >= 0.6 is 0 Å². The second-order valence-corrected chi connectivity index (χ2v) is 6.01. The molecule has 104 valence electrons. The van der Waals surface area contributed by atoms with Gasteiger partial charge in [0.05, 0.1) is 6.61 Å². The van der Waals surface area contributed by atoms with Crippen molar-refractivity contribution in [3.8, 4) is 5.75 Å². The van der Waals surface area contributed by atoms with Gasteiger partial charge in [-0.05, 0) is 43.4 Å². The molecule has 1 aliphatic carbocycles. The quantitative estimate of drug-likeness (QED) is 0.894. The van der Waals surface area contributed by atoms with Crippen LogP contribution in [0.2, 0.25) is 0 Å². The normalized spacial score (nSPS) is 24.8. The number of hydrogen-bond acceptors (Lipinski definition) is 2. The van der Waals surface area contributed by atoms with Crippen LogP contribution < -0.4 is 10.1 Å². The molecule has 2 aliphatic rings. The molecule has 0 spiro atoms. The van der Waals surface area contributed by atoms with Gasteiger partial charge in [-0.3, -0.25) is 0 Å². The Kier molecular flexibility index (Phi) is 4.07. The van der Waals surface area contributed by atoms with Gasteiger partial charge in [0.15, 0.2) is 0 Å². The van der Waals surface area contributed by atoms with E-state index in [1.807, 2.05) is 0 Å². The predicted octanol–water partition coefficient (Wildman–Crippen LogP) is 3.41. The van der Waals surface area contributed by atoms with E-state index in [9.17, 15) is 0 Å². The third-order valence-electron chi connectivity index (χ3n) is 4.76. The van der Waals surface area contributed by atoms with Gasteiger partial charge in [0.1, 0.15) is 5.75 Å². The van der Waals surface area contributed by atoms with Crippen LogP contribution in [0.4, 0.5) is 0 Å². The lowest BCUT2D eigenvalue weighted by Gasteiger charge is -2.35. The molecule has 2 atom stereocenters. The lowest BCUT2D eigenvalue weighted by Crippen LogP contribution is -2.45. The Morgan fingerprint density at radius 1 is 1.21 bits per heavy atom. The highest BCUT2D eigenvalue weighted by atomic mass is 16.5. The van der Waals surface area contributed by atoms with E-state index in [-0.39, 0.29) is 0 Å². The minimum atomic E-state index is 0.637. The molecule has 3 rings (SSSR count). The number of hydrogen-bond donors (Lipinski definition) is 1. The molecular formula is C17H25NO. The topological polar surface area (TPSA) is 21.3 Å².